The van der Waals surface area contributed by atoms with Crippen molar-refractivity contribution in [3.63, 3.8) is 0 Å². The van der Waals surface area contributed by atoms with E-state index < -0.39 is 0 Å². The van der Waals surface area contributed by atoms with Gasteiger partial charge in [-0.1, -0.05) is 53.8 Å². The predicted molar refractivity (Wildman–Crippen MR) is 85.3 cm³/mol. The smallest absolute Gasteiger partial charge is 0.113 e. The molecule has 0 spiro atoms. The fraction of sp³-hybridized carbons (Fsp3) is 0. The molecule has 0 fully saturated rings. The lowest BCUT2D eigenvalue weighted by molar-refractivity contribution is 0.829. The first kappa shape index (κ1) is 10.8. The molecule has 3 heteroatoms. The number of fused-ring (bicyclic) bond motifs is 1. The lowest BCUT2D eigenvalue weighted by Gasteiger charge is -2.09. The van der Waals surface area contributed by atoms with Crippen LogP contribution in [0.2, 0.25) is 0 Å². The fourth-order valence-corrected chi connectivity index (χ4v) is 3.14. The van der Waals surface area contributed by atoms with E-state index in [1.165, 1.54) is 21.9 Å². The quantitative estimate of drug-likeness (QED) is 0.459. The maximum Gasteiger partial charge on any atom is 0.113 e. The molecule has 1 heterocycles. The summed E-state index contributed by atoms with van der Waals surface area (Å²) in [5.74, 6) is 0. The van der Waals surface area contributed by atoms with Crippen LogP contribution in [0.25, 0.3) is 39.6 Å². The number of rotatable bonds is 1. The van der Waals surface area contributed by atoms with Crippen LogP contribution in [-0.2, 0) is 0 Å². The van der Waals surface area contributed by atoms with Crippen LogP contribution >= 0.6 is 0 Å². The molecule has 21 heavy (non-hydrogen) atoms. The third-order valence-corrected chi connectivity index (χ3v) is 4.10. The zero-order valence-electron chi connectivity index (χ0n) is 11.2. The molecular formula is C18H11N3. The van der Waals surface area contributed by atoms with Gasteiger partial charge in [-0.15, -0.1) is 5.10 Å². The van der Waals surface area contributed by atoms with E-state index in [4.69, 9.17) is 0 Å². The Morgan fingerprint density at radius 2 is 1.62 bits per heavy atom. The molecule has 0 aliphatic heterocycles. The molecule has 1 aliphatic rings. The fourth-order valence-electron chi connectivity index (χ4n) is 3.14. The number of nitrogens with zero attached hydrogens (tertiary/aromatic N) is 3. The monoisotopic (exact) mass is 269 g/mol. The number of hydrogen-bond acceptors (Lipinski definition) is 2. The van der Waals surface area contributed by atoms with Crippen molar-refractivity contribution in [2.45, 2.75) is 0 Å². The average molecular weight is 269 g/mol. The Labute approximate surface area is 121 Å². The Balaban J connectivity index is 1.91. The maximum absolute atomic E-state index is 4.34. The molecule has 3 aromatic carbocycles. The Bertz CT molecular complexity index is 1030. The second-order valence-electron chi connectivity index (χ2n) is 5.27. The van der Waals surface area contributed by atoms with Gasteiger partial charge in [-0.2, -0.15) is 0 Å². The minimum absolute atomic E-state index is 0.916. The van der Waals surface area contributed by atoms with Crippen molar-refractivity contribution >= 4 is 34.0 Å². The number of para-hydroxylation sites is 1. The largest absolute Gasteiger partial charge is 0.212 e. The molecule has 1 aliphatic carbocycles. The number of hydrogen-bond donors (Lipinski definition) is 0. The zero-order chi connectivity index (χ0) is 13.8. The molecule has 0 amide bonds. The van der Waals surface area contributed by atoms with E-state index in [9.17, 15) is 0 Å². The van der Waals surface area contributed by atoms with E-state index in [2.05, 4.69) is 58.9 Å². The third kappa shape index (κ3) is 1.37. The van der Waals surface area contributed by atoms with E-state index in [1.54, 1.807) is 0 Å². The van der Waals surface area contributed by atoms with Crippen molar-refractivity contribution in [1.29, 1.82) is 0 Å². The standard InChI is InChI=1S/C18H11N3/c1-2-7-17-15(6-1)19-20-21(17)16-11-10-13-9-8-12-4-3-5-14(16)18(12)13/h1-11H. The van der Waals surface area contributed by atoms with Crippen molar-refractivity contribution in [3.05, 3.63) is 65.7 Å². The molecule has 0 N–H and O–H groups in total. The van der Waals surface area contributed by atoms with Crippen LogP contribution in [0, 0.1) is 0 Å². The molecule has 0 radical (unpaired) electrons. The normalized spacial score (nSPS) is 12.6. The highest BCUT2D eigenvalue weighted by molar-refractivity contribution is 6.08. The van der Waals surface area contributed by atoms with Gasteiger partial charge in [0.25, 0.3) is 0 Å². The van der Waals surface area contributed by atoms with Gasteiger partial charge >= 0.3 is 0 Å². The van der Waals surface area contributed by atoms with Crippen LogP contribution in [0.5, 0.6) is 0 Å². The predicted octanol–water partition coefficient (Wildman–Crippen LogP) is 4.06. The van der Waals surface area contributed by atoms with Gasteiger partial charge in [0, 0.05) is 5.39 Å². The second-order valence-corrected chi connectivity index (χ2v) is 5.27. The van der Waals surface area contributed by atoms with Gasteiger partial charge in [0.05, 0.1) is 11.2 Å². The van der Waals surface area contributed by atoms with Gasteiger partial charge in [-0.25, -0.2) is 4.68 Å². The molecule has 98 valence electrons. The molecule has 0 atom stereocenters. The van der Waals surface area contributed by atoms with Crippen LogP contribution in [0.4, 0.5) is 0 Å². The summed E-state index contributed by atoms with van der Waals surface area (Å²) in [5, 5.41) is 11.1. The van der Waals surface area contributed by atoms with Crippen molar-refractivity contribution in [2.24, 2.45) is 0 Å². The number of aromatic nitrogens is 3. The average Bonchev–Trinajstić information content (AvgIpc) is 3.14. The van der Waals surface area contributed by atoms with Crippen LogP contribution in [0.1, 0.15) is 11.1 Å². The Hall–Kier alpha value is -2.94. The minimum Gasteiger partial charge on any atom is -0.212 e. The minimum atomic E-state index is 0.916. The first-order valence-electron chi connectivity index (χ1n) is 6.96. The summed E-state index contributed by atoms with van der Waals surface area (Å²) in [5.41, 5.74) is 5.57. The summed E-state index contributed by atoms with van der Waals surface area (Å²) in [7, 11) is 0. The summed E-state index contributed by atoms with van der Waals surface area (Å²) >= 11 is 0. The molecule has 1 aromatic heterocycles. The Morgan fingerprint density at radius 3 is 2.57 bits per heavy atom. The van der Waals surface area contributed by atoms with Crippen LogP contribution in [0.15, 0.2) is 54.6 Å². The van der Waals surface area contributed by atoms with Gasteiger partial charge in [0.2, 0.25) is 0 Å². The van der Waals surface area contributed by atoms with Gasteiger partial charge in [-0.05, 0) is 34.7 Å². The summed E-state index contributed by atoms with van der Waals surface area (Å²) in [6, 6.07) is 18.7. The zero-order valence-corrected chi connectivity index (χ0v) is 11.2. The van der Waals surface area contributed by atoms with E-state index >= 15 is 0 Å². The lowest BCUT2D eigenvalue weighted by atomic mass is 10.0. The molecule has 3 nitrogen and oxygen atoms in total. The van der Waals surface area contributed by atoms with E-state index in [1.807, 2.05) is 22.9 Å². The summed E-state index contributed by atoms with van der Waals surface area (Å²) in [4.78, 5) is 0. The number of benzene rings is 3. The van der Waals surface area contributed by atoms with Crippen LogP contribution < -0.4 is 0 Å². The lowest BCUT2D eigenvalue weighted by Crippen LogP contribution is -1.98. The first-order valence-corrected chi connectivity index (χ1v) is 6.96. The Morgan fingerprint density at radius 1 is 0.762 bits per heavy atom. The highest BCUT2D eigenvalue weighted by Crippen LogP contribution is 2.34. The highest BCUT2D eigenvalue weighted by Gasteiger charge is 2.14. The van der Waals surface area contributed by atoms with E-state index in [0.717, 1.165) is 16.7 Å². The van der Waals surface area contributed by atoms with E-state index in [0.29, 0.717) is 0 Å². The van der Waals surface area contributed by atoms with Crippen molar-refractivity contribution in [1.82, 2.24) is 15.0 Å². The van der Waals surface area contributed by atoms with Crippen molar-refractivity contribution < 1.29 is 0 Å². The van der Waals surface area contributed by atoms with Gasteiger partial charge < -0.3 is 0 Å². The van der Waals surface area contributed by atoms with Gasteiger partial charge in [-0.3, -0.25) is 0 Å². The van der Waals surface area contributed by atoms with Gasteiger partial charge in [0.1, 0.15) is 5.52 Å². The molecule has 0 saturated heterocycles. The summed E-state index contributed by atoms with van der Waals surface area (Å²) in [6.45, 7) is 0. The molecule has 5 rings (SSSR count). The van der Waals surface area contributed by atoms with Crippen LogP contribution in [-0.4, -0.2) is 15.0 Å². The van der Waals surface area contributed by atoms with Crippen LogP contribution in [0.3, 0.4) is 0 Å². The summed E-state index contributed by atoms with van der Waals surface area (Å²) < 4.78 is 1.93. The molecule has 4 aromatic rings. The topological polar surface area (TPSA) is 30.7 Å². The maximum atomic E-state index is 4.34. The molecule has 0 saturated carbocycles. The molecule has 0 bridgehead atoms. The third-order valence-electron chi connectivity index (χ3n) is 4.10. The second kappa shape index (κ2) is 3.79. The Kier molecular flexibility index (Phi) is 1.95. The molecule has 0 unspecified atom stereocenters. The van der Waals surface area contributed by atoms with E-state index in [-0.39, 0.29) is 0 Å². The molecular weight excluding hydrogens is 258 g/mol. The van der Waals surface area contributed by atoms with Crippen molar-refractivity contribution in [2.75, 3.05) is 0 Å². The van der Waals surface area contributed by atoms with Gasteiger partial charge in [0.15, 0.2) is 0 Å². The SMILES string of the molecule is C1=Cc2ccc(-n3nnc4ccccc43)c3cccc1c23. The first-order chi connectivity index (χ1) is 10.4. The highest BCUT2D eigenvalue weighted by atomic mass is 15.4. The van der Waals surface area contributed by atoms with Crippen molar-refractivity contribution in [3.8, 4) is 5.69 Å². The summed E-state index contributed by atoms with van der Waals surface area (Å²) in [6.07, 6.45) is 4.34.